The molecule has 2 aromatic rings. The van der Waals surface area contributed by atoms with Crippen LogP contribution in [0.5, 0.6) is 0 Å². The van der Waals surface area contributed by atoms with Gasteiger partial charge in [0.25, 0.3) is 0 Å². The Balaban J connectivity index is 2.08. The van der Waals surface area contributed by atoms with Crippen molar-refractivity contribution in [2.45, 2.75) is 47.1 Å². The first-order valence-corrected chi connectivity index (χ1v) is 8.53. The monoisotopic (exact) mass is 326 g/mol. The molecule has 2 aromatic carbocycles. The number of aryl methyl sites for hydroxylation is 4. The van der Waals surface area contributed by atoms with E-state index >= 15 is 0 Å². The van der Waals surface area contributed by atoms with Crippen LogP contribution >= 0.6 is 12.2 Å². The molecule has 0 aliphatic rings. The van der Waals surface area contributed by atoms with E-state index in [1.54, 1.807) is 0 Å². The third-order valence-electron chi connectivity index (χ3n) is 4.28. The average molecular weight is 327 g/mol. The Morgan fingerprint density at radius 1 is 0.957 bits per heavy atom. The number of rotatable bonds is 4. The number of nitrogens with one attached hydrogen (secondary N) is 2. The minimum atomic E-state index is 0.222. The fraction of sp³-hybridized carbons (Fsp3) is 0.350. The van der Waals surface area contributed by atoms with Crippen molar-refractivity contribution in [2.24, 2.45) is 0 Å². The molecule has 122 valence electrons. The van der Waals surface area contributed by atoms with E-state index in [4.69, 9.17) is 12.2 Å². The van der Waals surface area contributed by atoms with Gasteiger partial charge in [-0.1, -0.05) is 42.8 Å². The van der Waals surface area contributed by atoms with E-state index in [9.17, 15) is 0 Å². The predicted molar refractivity (Wildman–Crippen MR) is 104 cm³/mol. The van der Waals surface area contributed by atoms with Gasteiger partial charge >= 0.3 is 0 Å². The van der Waals surface area contributed by atoms with Crippen LogP contribution in [-0.2, 0) is 0 Å². The highest BCUT2D eigenvalue weighted by Gasteiger charge is 2.12. The highest BCUT2D eigenvalue weighted by Crippen LogP contribution is 2.21. The van der Waals surface area contributed by atoms with E-state index in [1.165, 1.54) is 27.8 Å². The van der Waals surface area contributed by atoms with Crippen LogP contribution in [-0.4, -0.2) is 5.11 Å². The maximum atomic E-state index is 5.51. The van der Waals surface area contributed by atoms with Crippen molar-refractivity contribution in [3.63, 3.8) is 0 Å². The Morgan fingerprint density at radius 3 is 2.30 bits per heavy atom. The highest BCUT2D eigenvalue weighted by molar-refractivity contribution is 7.80. The Bertz CT molecular complexity index is 707. The van der Waals surface area contributed by atoms with Crippen LogP contribution in [0.3, 0.4) is 0 Å². The summed E-state index contributed by atoms with van der Waals surface area (Å²) in [6.45, 7) is 10.7. The molecule has 2 nitrogen and oxygen atoms in total. The van der Waals surface area contributed by atoms with Gasteiger partial charge in [0.1, 0.15) is 0 Å². The average Bonchev–Trinajstić information content (AvgIpc) is 2.50. The van der Waals surface area contributed by atoms with Gasteiger partial charge in [-0.15, -0.1) is 0 Å². The number of benzene rings is 2. The molecule has 0 fully saturated rings. The molecule has 0 saturated carbocycles. The van der Waals surface area contributed by atoms with Crippen molar-refractivity contribution in [2.75, 3.05) is 5.32 Å². The first-order valence-electron chi connectivity index (χ1n) is 8.12. The zero-order valence-corrected chi connectivity index (χ0v) is 15.5. The molecular formula is C20H26N2S. The lowest BCUT2D eigenvalue weighted by Gasteiger charge is -2.21. The molecule has 0 radical (unpaired) electrons. The van der Waals surface area contributed by atoms with Crippen LogP contribution in [0.1, 0.15) is 47.2 Å². The van der Waals surface area contributed by atoms with Crippen molar-refractivity contribution >= 4 is 23.0 Å². The molecule has 0 aliphatic heterocycles. The molecule has 3 heteroatoms. The molecule has 0 aliphatic carbocycles. The van der Waals surface area contributed by atoms with Crippen LogP contribution in [0.2, 0.25) is 0 Å². The Morgan fingerprint density at radius 2 is 1.70 bits per heavy atom. The molecule has 0 amide bonds. The fourth-order valence-electron chi connectivity index (χ4n) is 2.67. The van der Waals surface area contributed by atoms with Gasteiger partial charge in [0.05, 0.1) is 6.04 Å². The first kappa shape index (κ1) is 17.5. The van der Waals surface area contributed by atoms with E-state index in [-0.39, 0.29) is 6.04 Å². The number of anilines is 1. The second kappa shape index (κ2) is 7.60. The van der Waals surface area contributed by atoms with Gasteiger partial charge in [0.2, 0.25) is 0 Å². The number of hydrogen-bond donors (Lipinski definition) is 2. The van der Waals surface area contributed by atoms with Crippen LogP contribution in [0.15, 0.2) is 36.4 Å². The summed E-state index contributed by atoms with van der Waals surface area (Å²) in [6, 6.07) is 13.2. The van der Waals surface area contributed by atoms with Crippen LogP contribution in [0.4, 0.5) is 5.69 Å². The van der Waals surface area contributed by atoms with E-state index in [0.29, 0.717) is 5.11 Å². The van der Waals surface area contributed by atoms with Gasteiger partial charge in [0.15, 0.2) is 5.11 Å². The van der Waals surface area contributed by atoms with Crippen LogP contribution in [0.25, 0.3) is 0 Å². The second-order valence-corrected chi connectivity index (χ2v) is 6.63. The minimum Gasteiger partial charge on any atom is -0.356 e. The lowest BCUT2D eigenvalue weighted by atomic mass is 9.99. The zero-order valence-electron chi connectivity index (χ0n) is 14.7. The zero-order chi connectivity index (χ0) is 17.0. The van der Waals surface area contributed by atoms with Gasteiger partial charge < -0.3 is 10.6 Å². The van der Waals surface area contributed by atoms with E-state index in [2.05, 4.69) is 81.7 Å². The molecule has 0 aromatic heterocycles. The molecular weight excluding hydrogens is 300 g/mol. The van der Waals surface area contributed by atoms with E-state index in [0.717, 1.165) is 12.1 Å². The van der Waals surface area contributed by atoms with Crippen LogP contribution in [0, 0.1) is 27.7 Å². The summed E-state index contributed by atoms with van der Waals surface area (Å²) in [6.07, 6.45) is 0.983. The third-order valence-corrected chi connectivity index (χ3v) is 4.50. The molecule has 0 heterocycles. The normalized spacial score (nSPS) is 11.9. The van der Waals surface area contributed by atoms with Gasteiger partial charge in [0, 0.05) is 5.69 Å². The van der Waals surface area contributed by atoms with Crippen LogP contribution < -0.4 is 10.6 Å². The van der Waals surface area contributed by atoms with E-state index in [1.807, 2.05) is 0 Å². The number of hydrogen-bond acceptors (Lipinski definition) is 1. The van der Waals surface area contributed by atoms with Gasteiger partial charge in [-0.05, 0) is 74.7 Å². The van der Waals surface area contributed by atoms with Crippen molar-refractivity contribution in [3.05, 3.63) is 64.2 Å². The molecule has 23 heavy (non-hydrogen) atoms. The van der Waals surface area contributed by atoms with Gasteiger partial charge in [-0.25, -0.2) is 0 Å². The maximum Gasteiger partial charge on any atom is 0.171 e. The van der Waals surface area contributed by atoms with Crippen molar-refractivity contribution in [1.29, 1.82) is 0 Å². The summed E-state index contributed by atoms with van der Waals surface area (Å²) < 4.78 is 0. The lowest BCUT2D eigenvalue weighted by molar-refractivity contribution is 0.628. The number of thiocarbonyl (C=S) groups is 1. The molecule has 0 saturated heterocycles. The summed E-state index contributed by atoms with van der Waals surface area (Å²) in [5, 5.41) is 7.43. The third kappa shape index (κ3) is 4.55. The smallest absolute Gasteiger partial charge is 0.171 e. The van der Waals surface area contributed by atoms with E-state index < -0.39 is 0 Å². The second-order valence-electron chi connectivity index (χ2n) is 6.22. The summed E-state index contributed by atoms with van der Waals surface area (Å²) in [4.78, 5) is 0. The fourth-order valence-corrected chi connectivity index (χ4v) is 2.93. The lowest BCUT2D eigenvalue weighted by Crippen LogP contribution is -2.32. The maximum absolute atomic E-state index is 5.51. The minimum absolute atomic E-state index is 0.222. The molecule has 2 rings (SSSR count). The summed E-state index contributed by atoms with van der Waals surface area (Å²) >= 11 is 5.51. The van der Waals surface area contributed by atoms with Crippen molar-refractivity contribution in [1.82, 2.24) is 5.32 Å². The van der Waals surface area contributed by atoms with Crippen molar-refractivity contribution < 1.29 is 0 Å². The van der Waals surface area contributed by atoms with Crippen molar-refractivity contribution in [3.8, 4) is 0 Å². The summed E-state index contributed by atoms with van der Waals surface area (Å²) in [5.41, 5.74) is 7.43. The Hall–Kier alpha value is -1.87. The SMILES string of the molecule is CC[C@@H](NC(=S)Nc1ccc(C)cc1C)c1ccc(C)c(C)c1. The Kier molecular flexibility index (Phi) is 5.78. The predicted octanol–water partition coefficient (Wildman–Crippen LogP) is 5.36. The van der Waals surface area contributed by atoms with Gasteiger partial charge in [-0.2, -0.15) is 0 Å². The quantitative estimate of drug-likeness (QED) is 0.740. The molecule has 1 atom stereocenters. The molecule has 2 N–H and O–H groups in total. The summed E-state index contributed by atoms with van der Waals surface area (Å²) in [7, 11) is 0. The highest BCUT2D eigenvalue weighted by atomic mass is 32.1. The standard InChI is InChI=1S/C20H26N2S/c1-6-18(17-9-8-14(3)15(4)12-17)21-20(23)22-19-10-7-13(2)11-16(19)5/h7-12,18H,6H2,1-5H3,(H2,21,22,23)/t18-/m1/s1. The largest absolute Gasteiger partial charge is 0.356 e. The van der Waals surface area contributed by atoms with Gasteiger partial charge in [-0.3, -0.25) is 0 Å². The topological polar surface area (TPSA) is 24.1 Å². The Labute approximate surface area is 145 Å². The molecule has 0 spiro atoms. The molecule has 0 unspecified atom stereocenters. The summed E-state index contributed by atoms with van der Waals surface area (Å²) in [5.74, 6) is 0. The first-order chi connectivity index (χ1) is 10.9. The molecule has 0 bridgehead atoms.